The Kier molecular flexibility index (Phi) is 5.79. The van der Waals surface area contributed by atoms with Gasteiger partial charge in [0.15, 0.2) is 0 Å². The number of carbonyl (C=O) groups excluding carboxylic acids is 1. The average molecular weight is 399 g/mol. The van der Waals surface area contributed by atoms with Gasteiger partial charge in [0, 0.05) is 22.1 Å². The summed E-state index contributed by atoms with van der Waals surface area (Å²) in [5.41, 5.74) is 3.76. The number of cyclic esters (lactones) is 1. The Bertz CT molecular complexity index is 1090. The van der Waals surface area contributed by atoms with Crippen molar-refractivity contribution in [1.29, 1.82) is 0 Å². The maximum Gasteiger partial charge on any atom is 0.315 e. The van der Waals surface area contributed by atoms with Gasteiger partial charge < -0.3 is 4.74 Å². The van der Waals surface area contributed by atoms with Crippen molar-refractivity contribution in [1.82, 2.24) is 0 Å². The van der Waals surface area contributed by atoms with E-state index < -0.39 is 0 Å². The number of esters is 1. The van der Waals surface area contributed by atoms with Gasteiger partial charge in [-0.2, -0.15) is 0 Å². The van der Waals surface area contributed by atoms with Crippen LogP contribution in [-0.4, -0.2) is 5.97 Å². The van der Waals surface area contributed by atoms with Gasteiger partial charge in [-0.1, -0.05) is 84.1 Å². The Hall–Kier alpha value is -3.28. The minimum Gasteiger partial charge on any atom is -0.433 e. The Morgan fingerprint density at radius 3 is 2.31 bits per heavy atom. The second-order valence-electron chi connectivity index (χ2n) is 6.95. The van der Waals surface area contributed by atoms with Gasteiger partial charge in [-0.25, -0.2) is 0 Å². The standard InChI is InChI=1S/C26H19ClO2/c27-23-13-7-10-20(16-23)17-24-25(21-11-5-2-6-12-21)22(18-29-26(24)28)15-14-19-8-3-1-4-9-19/h1-13,16,18,24-25H,17H2/t24-,25+/m0/s1. The maximum absolute atomic E-state index is 12.7. The van der Waals surface area contributed by atoms with Crippen LogP contribution in [0.1, 0.15) is 22.6 Å². The van der Waals surface area contributed by atoms with Crippen molar-refractivity contribution >= 4 is 17.6 Å². The van der Waals surface area contributed by atoms with Gasteiger partial charge in [0.2, 0.25) is 0 Å². The number of hydrogen-bond donors (Lipinski definition) is 0. The zero-order chi connectivity index (χ0) is 20.1. The summed E-state index contributed by atoms with van der Waals surface area (Å²) in [7, 11) is 0. The normalized spacial score (nSPS) is 18.2. The summed E-state index contributed by atoms with van der Waals surface area (Å²) in [6.07, 6.45) is 2.04. The first-order valence-corrected chi connectivity index (χ1v) is 9.85. The van der Waals surface area contributed by atoms with E-state index in [9.17, 15) is 4.79 Å². The van der Waals surface area contributed by atoms with Crippen molar-refractivity contribution < 1.29 is 9.53 Å². The van der Waals surface area contributed by atoms with Gasteiger partial charge in [-0.05, 0) is 41.8 Å². The molecule has 0 aliphatic carbocycles. The molecule has 142 valence electrons. The molecule has 3 aromatic rings. The number of benzene rings is 3. The van der Waals surface area contributed by atoms with Crippen molar-refractivity contribution in [2.45, 2.75) is 12.3 Å². The Balaban J connectivity index is 1.73. The van der Waals surface area contributed by atoms with E-state index in [0.717, 1.165) is 22.3 Å². The van der Waals surface area contributed by atoms with Crippen LogP contribution in [0.15, 0.2) is 96.8 Å². The number of ether oxygens (including phenoxy) is 1. The Morgan fingerprint density at radius 2 is 1.59 bits per heavy atom. The first-order chi connectivity index (χ1) is 14.2. The van der Waals surface area contributed by atoms with Gasteiger partial charge in [0.05, 0.1) is 5.92 Å². The summed E-state index contributed by atoms with van der Waals surface area (Å²) >= 11 is 6.15. The molecule has 0 bridgehead atoms. The van der Waals surface area contributed by atoms with Gasteiger partial charge in [0.1, 0.15) is 6.26 Å². The van der Waals surface area contributed by atoms with E-state index in [1.807, 2.05) is 84.9 Å². The third kappa shape index (κ3) is 4.59. The molecule has 3 aromatic carbocycles. The second-order valence-corrected chi connectivity index (χ2v) is 7.39. The van der Waals surface area contributed by atoms with Crippen LogP contribution >= 0.6 is 11.6 Å². The van der Waals surface area contributed by atoms with Crippen LogP contribution in [0.2, 0.25) is 5.02 Å². The van der Waals surface area contributed by atoms with Gasteiger partial charge in [-0.15, -0.1) is 0 Å². The Morgan fingerprint density at radius 1 is 0.862 bits per heavy atom. The maximum atomic E-state index is 12.7. The van der Waals surface area contributed by atoms with E-state index in [4.69, 9.17) is 16.3 Å². The molecule has 0 spiro atoms. The molecule has 29 heavy (non-hydrogen) atoms. The Labute approximate surface area is 175 Å². The lowest BCUT2D eigenvalue weighted by atomic mass is 9.77. The van der Waals surface area contributed by atoms with Gasteiger partial charge >= 0.3 is 5.97 Å². The number of halogens is 1. The monoisotopic (exact) mass is 398 g/mol. The van der Waals surface area contributed by atoms with Crippen molar-refractivity contribution in [3.63, 3.8) is 0 Å². The lowest BCUT2D eigenvalue weighted by Crippen LogP contribution is -2.30. The molecule has 0 saturated carbocycles. The summed E-state index contributed by atoms with van der Waals surface area (Å²) in [6.45, 7) is 0. The van der Waals surface area contributed by atoms with Crippen molar-refractivity contribution in [3.05, 3.63) is 118 Å². The number of allylic oxidation sites excluding steroid dienone is 1. The molecular formula is C26H19ClO2. The zero-order valence-corrected chi connectivity index (χ0v) is 16.5. The van der Waals surface area contributed by atoms with Gasteiger partial charge in [0.25, 0.3) is 0 Å². The molecule has 2 nitrogen and oxygen atoms in total. The highest BCUT2D eigenvalue weighted by Crippen LogP contribution is 2.38. The molecule has 3 heteroatoms. The minimum absolute atomic E-state index is 0.173. The molecule has 0 saturated heterocycles. The lowest BCUT2D eigenvalue weighted by molar-refractivity contribution is -0.144. The zero-order valence-electron chi connectivity index (χ0n) is 15.7. The summed E-state index contributed by atoms with van der Waals surface area (Å²) in [6, 6.07) is 27.4. The summed E-state index contributed by atoms with van der Waals surface area (Å²) < 4.78 is 5.41. The number of rotatable bonds is 3. The summed E-state index contributed by atoms with van der Waals surface area (Å²) in [5.74, 6) is 5.64. The first kappa shape index (κ1) is 19.1. The highest BCUT2D eigenvalue weighted by atomic mass is 35.5. The molecule has 1 heterocycles. The van der Waals surface area contributed by atoms with Gasteiger partial charge in [-0.3, -0.25) is 4.79 Å². The van der Waals surface area contributed by atoms with Crippen LogP contribution in [0.25, 0.3) is 0 Å². The highest BCUT2D eigenvalue weighted by Gasteiger charge is 2.36. The topological polar surface area (TPSA) is 26.3 Å². The molecule has 0 N–H and O–H groups in total. The fraction of sp³-hybridized carbons (Fsp3) is 0.115. The fourth-order valence-corrected chi connectivity index (χ4v) is 3.81. The van der Waals surface area contributed by atoms with Crippen molar-refractivity contribution in [2.24, 2.45) is 5.92 Å². The summed E-state index contributed by atoms with van der Waals surface area (Å²) in [5, 5.41) is 0.655. The molecule has 2 atom stereocenters. The third-order valence-corrected chi connectivity index (χ3v) is 5.21. The van der Waals surface area contributed by atoms with Crippen LogP contribution in [0.5, 0.6) is 0 Å². The molecule has 0 unspecified atom stereocenters. The van der Waals surface area contributed by atoms with Crippen LogP contribution in [0.3, 0.4) is 0 Å². The number of hydrogen-bond acceptors (Lipinski definition) is 2. The smallest absolute Gasteiger partial charge is 0.315 e. The predicted molar refractivity (Wildman–Crippen MR) is 115 cm³/mol. The van der Waals surface area contributed by atoms with E-state index in [-0.39, 0.29) is 17.8 Å². The highest BCUT2D eigenvalue weighted by molar-refractivity contribution is 6.30. The largest absolute Gasteiger partial charge is 0.433 e. The summed E-state index contributed by atoms with van der Waals surface area (Å²) in [4.78, 5) is 12.7. The van der Waals surface area contributed by atoms with Crippen LogP contribution in [-0.2, 0) is 16.0 Å². The van der Waals surface area contributed by atoms with E-state index in [1.165, 1.54) is 6.26 Å². The molecular weight excluding hydrogens is 380 g/mol. The van der Waals surface area contributed by atoms with E-state index in [0.29, 0.717) is 11.4 Å². The first-order valence-electron chi connectivity index (χ1n) is 9.48. The fourth-order valence-electron chi connectivity index (χ4n) is 3.60. The molecule has 0 aromatic heterocycles. The quantitative estimate of drug-likeness (QED) is 0.413. The van der Waals surface area contributed by atoms with Crippen molar-refractivity contribution in [2.75, 3.05) is 0 Å². The molecule has 1 aliphatic rings. The van der Waals surface area contributed by atoms with E-state index >= 15 is 0 Å². The SMILES string of the molecule is O=C1OC=C(C#Cc2ccccc2)[C@@H](c2ccccc2)[C@@H]1Cc1cccc(Cl)c1. The number of carbonyl (C=O) groups is 1. The molecule has 0 fully saturated rings. The minimum atomic E-state index is -0.374. The lowest BCUT2D eigenvalue weighted by Gasteiger charge is -2.29. The molecule has 1 aliphatic heterocycles. The molecule has 0 amide bonds. The van der Waals surface area contributed by atoms with E-state index in [2.05, 4.69) is 11.8 Å². The predicted octanol–water partition coefficient (Wildman–Crippen LogP) is 5.77. The van der Waals surface area contributed by atoms with Crippen LogP contribution in [0, 0.1) is 17.8 Å². The second kappa shape index (κ2) is 8.82. The van der Waals surface area contributed by atoms with E-state index in [1.54, 1.807) is 0 Å². The van der Waals surface area contributed by atoms with Crippen molar-refractivity contribution in [3.8, 4) is 11.8 Å². The molecule has 4 rings (SSSR count). The third-order valence-electron chi connectivity index (χ3n) is 4.97. The van der Waals surface area contributed by atoms with Crippen LogP contribution < -0.4 is 0 Å². The molecule has 0 radical (unpaired) electrons. The average Bonchev–Trinajstić information content (AvgIpc) is 2.75. The van der Waals surface area contributed by atoms with Crippen LogP contribution in [0.4, 0.5) is 0 Å².